The summed E-state index contributed by atoms with van der Waals surface area (Å²) in [6, 6.07) is 8.91. The molecule has 0 saturated carbocycles. The summed E-state index contributed by atoms with van der Waals surface area (Å²) in [5.74, 6) is 0.534. The van der Waals surface area contributed by atoms with Gasteiger partial charge >= 0.3 is 0 Å². The van der Waals surface area contributed by atoms with E-state index in [1.54, 1.807) is 48.6 Å². The average Bonchev–Trinajstić information content (AvgIpc) is 2.31. The standard InChI is InChI=1S/C12H11O3P/c13-11-8-4-5-9-12(11)16(14)15-10-6-2-1-3-7-10/h1-9,11,13H. The van der Waals surface area contributed by atoms with Gasteiger partial charge in [0.1, 0.15) is 6.10 Å². The van der Waals surface area contributed by atoms with Crippen molar-refractivity contribution in [2.45, 2.75) is 6.10 Å². The number of rotatable bonds is 2. The highest BCUT2D eigenvalue weighted by Crippen LogP contribution is 2.24. The average molecular weight is 234 g/mol. The first kappa shape index (κ1) is 11.1. The second-order valence-electron chi connectivity index (χ2n) is 3.28. The van der Waals surface area contributed by atoms with Gasteiger partial charge in [-0.05, 0) is 24.3 Å². The van der Waals surface area contributed by atoms with Gasteiger partial charge in [0.15, 0.2) is 11.0 Å². The van der Waals surface area contributed by atoms with E-state index in [1.807, 2.05) is 6.07 Å². The molecule has 4 heteroatoms. The Bertz CT molecular complexity index is 449. The largest absolute Gasteiger partial charge is 0.595 e. The number of aliphatic hydroxyl groups excluding tert-OH is 1. The van der Waals surface area contributed by atoms with E-state index >= 15 is 0 Å². The van der Waals surface area contributed by atoms with Crippen molar-refractivity contribution < 1.29 is 14.5 Å². The molecule has 0 heterocycles. The van der Waals surface area contributed by atoms with E-state index in [1.165, 1.54) is 0 Å². The van der Waals surface area contributed by atoms with Crippen molar-refractivity contribution in [2.75, 3.05) is 0 Å². The zero-order valence-corrected chi connectivity index (χ0v) is 9.38. The predicted molar refractivity (Wildman–Crippen MR) is 63.3 cm³/mol. The molecular weight excluding hydrogens is 223 g/mol. The molecule has 1 aromatic carbocycles. The third kappa shape index (κ3) is 2.58. The number of para-hydroxylation sites is 1. The first-order valence-corrected chi connectivity index (χ1v) is 6.05. The lowest BCUT2D eigenvalue weighted by Crippen LogP contribution is -2.20. The minimum absolute atomic E-state index is 0.390. The van der Waals surface area contributed by atoms with Gasteiger partial charge in [-0.15, -0.1) is 0 Å². The Morgan fingerprint density at radius 3 is 2.62 bits per heavy atom. The third-order valence-corrected chi connectivity index (χ3v) is 3.33. The summed E-state index contributed by atoms with van der Waals surface area (Å²) in [6.07, 6.45) is 5.80. The van der Waals surface area contributed by atoms with E-state index in [-0.39, 0.29) is 0 Å². The van der Waals surface area contributed by atoms with Crippen molar-refractivity contribution in [3.05, 3.63) is 54.6 Å². The van der Waals surface area contributed by atoms with Crippen molar-refractivity contribution in [3.63, 3.8) is 0 Å². The van der Waals surface area contributed by atoms with Crippen LogP contribution in [0.15, 0.2) is 54.6 Å². The van der Waals surface area contributed by atoms with E-state index < -0.39 is 14.1 Å². The van der Waals surface area contributed by atoms with Gasteiger partial charge in [-0.3, -0.25) is 4.52 Å². The predicted octanol–water partition coefficient (Wildman–Crippen LogP) is 1.40. The van der Waals surface area contributed by atoms with E-state index in [4.69, 9.17) is 4.52 Å². The lowest BCUT2D eigenvalue weighted by molar-refractivity contribution is -0.165. The van der Waals surface area contributed by atoms with Crippen LogP contribution < -0.4 is 9.42 Å². The quantitative estimate of drug-likeness (QED) is 0.787. The van der Waals surface area contributed by atoms with Crippen LogP contribution in [-0.2, 0) is 0 Å². The van der Waals surface area contributed by atoms with Gasteiger partial charge in [-0.1, -0.05) is 30.4 Å². The molecule has 0 bridgehead atoms. The summed E-state index contributed by atoms with van der Waals surface area (Å²) >= 11 is 0. The zero-order valence-electron chi connectivity index (χ0n) is 8.48. The Kier molecular flexibility index (Phi) is 3.52. The van der Waals surface area contributed by atoms with Crippen LogP contribution >= 0.6 is 8.00 Å². The normalized spacial score (nSPS) is 22.0. The maximum absolute atomic E-state index is 11.8. The van der Waals surface area contributed by atoms with Crippen LogP contribution in [0.25, 0.3) is 0 Å². The molecule has 82 valence electrons. The minimum Gasteiger partial charge on any atom is -0.595 e. The highest BCUT2D eigenvalue weighted by molar-refractivity contribution is 7.48. The van der Waals surface area contributed by atoms with Crippen molar-refractivity contribution in [3.8, 4) is 5.75 Å². The number of hydrogen-bond donors (Lipinski definition) is 1. The fourth-order valence-corrected chi connectivity index (χ4v) is 2.25. The molecule has 1 N–H and O–H groups in total. The smallest absolute Gasteiger partial charge is 0.283 e. The second kappa shape index (κ2) is 5.08. The van der Waals surface area contributed by atoms with Crippen molar-refractivity contribution in [1.29, 1.82) is 0 Å². The van der Waals surface area contributed by atoms with Crippen LogP contribution in [0.4, 0.5) is 0 Å². The molecule has 0 radical (unpaired) electrons. The van der Waals surface area contributed by atoms with Gasteiger partial charge in [0.25, 0.3) is 8.00 Å². The maximum atomic E-state index is 11.8. The summed E-state index contributed by atoms with van der Waals surface area (Å²) in [7, 11) is -2.04. The van der Waals surface area contributed by atoms with Crippen molar-refractivity contribution >= 4 is 13.3 Å². The SMILES string of the molecule is [O-]/[P+](Oc1ccccc1)=C1/C=CC=CC1O. The summed E-state index contributed by atoms with van der Waals surface area (Å²) < 4.78 is 5.25. The van der Waals surface area contributed by atoms with Gasteiger partial charge in [-0.25, -0.2) is 0 Å². The maximum Gasteiger partial charge on any atom is 0.283 e. The summed E-state index contributed by atoms with van der Waals surface area (Å²) in [6.45, 7) is 0. The Balaban J connectivity index is 2.19. The van der Waals surface area contributed by atoms with Crippen LogP contribution in [0.3, 0.4) is 0 Å². The first-order valence-electron chi connectivity index (χ1n) is 4.87. The minimum atomic E-state index is -2.04. The molecule has 0 aliphatic heterocycles. The fourth-order valence-electron chi connectivity index (χ4n) is 1.32. The van der Waals surface area contributed by atoms with Crippen LogP contribution in [0.5, 0.6) is 5.75 Å². The Labute approximate surface area is 94.9 Å². The molecule has 1 aromatic rings. The summed E-state index contributed by atoms with van der Waals surface area (Å²) in [5, 5.41) is 9.97. The molecule has 1 aliphatic rings. The van der Waals surface area contributed by atoms with Gasteiger partial charge in [0.05, 0.1) is 0 Å². The van der Waals surface area contributed by atoms with E-state index in [0.717, 1.165) is 0 Å². The number of benzene rings is 1. The van der Waals surface area contributed by atoms with E-state index in [0.29, 0.717) is 11.0 Å². The summed E-state index contributed by atoms with van der Waals surface area (Å²) in [5.41, 5.74) is 0. The molecule has 2 rings (SSSR count). The molecule has 1 aliphatic carbocycles. The molecule has 0 saturated heterocycles. The van der Waals surface area contributed by atoms with E-state index in [2.05, 4.69) is 0 Å². The van der Waals surface area contributed by atoms with Gasteiger partial charge in [0, 0.05) is 0 Å². The molecule has 0 spiro atoms. The third-order valence-electron chi connectivity index (χ3n) is 2.12. The fraction of sp³-hybridized carbons (Fsp3) is 0.0833. The lowest BCUT2D eigenvalue weighted by Gasteiger charge is -2.08. The highest BCUT2D eigenvalue weighted by Gasteiger charge is 2.19. The van der Waals surface area contributed by atoms with Crippen LogP contribution in [-0.4, -0.2) is 16.5 Å². The Morgan fingerprint density at radius 1 is 1.19 bits per heavy atom. The molecule has 3 nitrogen and oxygen atoms in total. The molecule has 0 amide bonds. The second-order valence-corrected chi connectivity index (χ2v) is 4.49. The molecule has 2 unspecified atom stereocenters. The first-order chi connectivity index (χ1) is 7.77. The highest BCUT2D eigenvalue weighted by atomic mass is 31.1. The van der Waals surface area contributed by atoms with Gasteiger partial charge in [-0.2, -0.15) is 0 Å². The van der Waals surface area contributed by atoms with Gasteiger partial charge in [0.2, 0.25) is 0 Å². The van der Waals surface area contributed by atoms with Crippen molar-refractivity contribution in [2.24, 2.45) is 0 Å². The summed E-state index contributed by atoms with van der Waals surface area (Å²) in [4.78, 5) is 11.8. The molecule has 0 aromatic heterocycles. The molecule has 16 heavy (non-hydrogen) atoms. The number of aliphatic hydroxyl groups is 1. The van der Waals surface area contributed by atoms with Crippen molar-refractivity contribution in [1.82, 2.24) is 0 Å². The molecule has 2 atom stereocenters. The van der Waals surface area contributed by atoms with Crippen LogP contribution in [0, 0.1) is 0 Å². The van der Waals surface area contributed by atoms with Crippen LogP contribution in [0.1, 0.15) is 0 Å². The lowest BCUT2D eigenvalue weighted by atomic mass is 10.1. The number of hydrogen-bond acceptors (Lipinski definition) is 3. The molecular formula is C12H11O3P. The van der Waals surface area contributed by atoms with E-state index in [9.17, 15) is 10.00 Å². The monoisotopic (exact) mass is 234 g/mol. The topological polar surface area (TPSA) is 52.5 Å². The van der Waals surface area contributed by atoms with Crippen LogP contribution in [0.2, 0.25) is 0 Å². The zero-order chi connectivity index (χ0) is 11.4. The molecule has 0 fully saturated rings. The Morgan fingerprint density at radius 2 is 1.94 bits per heavy atom. The number of allylic oxidation sites excluding steroid dienone is 2. The Hall–Kier alpha value is -1.41. The van der Waals surface area contributed by atoms with Gasteiger partial charge < -0.3 is 10.00 Å².